The van der Waals surface area contributed by atoms with Crippen LogP contribution in [0, 0.1) is 6.92 Å². The third kappa shape index (κ3) is 5.20. The van der Waals surface area contributed by atoms with E-state index >= 15 is 0 Å². The van der Waals surface area contributed by atoms with Crippen molar-refractivity contribution >= 4 is 44.9 Å². The molecule has 0 radical (unpaired) electrons. The minimum absolute atomic E-state index is 0.0502. The first-order chi connectivity index (χ1) is 17.5. The number of rotatable bonds is 7. The van der Waals surface area contributed by atoms with E-state index in [0.717, 1.165) is 32.8 Å². The molecule has 1 saturated heterocycles. The van der Waals surface area contributed by atoms with Crippen LogP contribution in [0.1, 0.15) is 35.5 Å². The Balaban J connectivity index is 1.44. The Kier molecular flexibility index (Phi) is 7.16. The van der Waals surface area contributed by atoms with Crippen LogP contribution in [0.2, 0.25) is 0 Å². The van der Waals surface area contributed by atoms with Gasteiger partial charge in [0, 0.05) is 46.9 Å². The molecular formula is C28H26BrN5OS. The molecule has 2 aromatic carbocycles. The zero-order chi connectivity index (χ0) is 25.1. The summed E-state index contributed by atoms with van der Waals surface area (Å²) in [5.74, 6) is -0.0502. The number of carbonyl (C=O) groups excluding carboxylic acids is 1. The monoisotopic (exact) mass is 559 g/mol. The predicted molar refractivity (Wildman–Crippen MR) is 150 cm³/mol. The molecule has 1 aliphatic rings. The summed E-state index contributed by atoms with van der Waals surface area (Å²) in [5.41, 5.74) is 4.91. The predicted octanol–water partition coefficient (Wildman–Crippen LogP) is 5.94. The Hall–Kier alpha value is -3.49. The minimum atomic E-state index is -0.153. The van der Waals surface area contributed by atoms with Crippen LogP contribution in [0.25, 0.3) is 5.69 Å². The van der Waals surface area contributed by atoms with Crippen LogP contribution in [0.4, 0.5) is 5.69 Å². The van der Waals surface area contributed by atoms with E-state index in [-0.39, 0.29) is 18.0 Å². The molecule has 2 N–H and O–H groups in total. The zero-order valence-corrected chi connectivity index (χ0v) is 22.2. The maximum atomic E-state index is 12.8. The molecule has 1 aliphatic heterocycles. The highest BCUT2D eigenvalue weighted by molar-refractivity contribution is 9.10. The molecule has 1 fully saturated rings. The number of anilines is 1. The molecule has 4 aromatic rings. The second-order valence-electron chi connectivity index (χ2n) is 8.77. The van der Waals surface area contributed by atoms with Gasteiger partial charge in [-0.25, -0.2) is 0 Å². The molecule has 8 heteroatoms. The van der Waals surface area contributed by atoms with Crippen LogP contribution < -0.4 is 10.6 Å². The maximum absolute atomic E-state index is 12.8. The lowest BCUT2D eigenvalue weighted by molar-refractivity contribution is -0.116. The fourth-order valence-corrected chi connectivity index (χ4v) is 5.35. The topological polar surface area (TPSA) is 62.2 Å². The molecule has 36 heavy (non-hydrogen) atoms. The van der Waals surface area contributed by atoms with Crippen molar-refractivity contribution in [2.24, 2.45) is 0 Å². The average molecular weight is 561 g/mol. The molecule has 0 spiro atoms. The van der Waals surface area contributed by atoms with E-state index < -0.39 is 0 Å². The van der Waals surface area contributed by atoms with E-state index in [0.29, 0.717) is 18.1 Å². The van der Waals surface area contributed by atoms with Gasteiger partial charge in [0.05, 0.1) is 17.8 Å². The molecule has 0 unspecified atom stereocenters. The van der Waals surface area contributed by atoms with Gasteiger partial charge in [0.1, 0.15) is 0 Å². The number of aryl methyl sites for hydroxylation is 1. The number of thiocarbonyl (C=S) groups is 1. The lowest BCUT2D eigenvalue weighted by Crippen LogP contribution is -2.33. The number of nitrogens with one attached hydrogen (secondary N) is 2. The molecule has 0 bridgehead atoms. The highest BCUT2D eigenvalue weighted by atomic mass is 79.9. The van der Waals surface area contributed by atoms with Gasteiger partial charge in [-0.15, -0.1) is 0 Å². The SMILES string of the molecule is Cc1cccc(NC(=O)CCN2C(=S)N[C@@H](c3ccccn3)[C@H]2c2cccn2-c2cccc(Br)c2)c1. The van der Waals surface area contributed by atoms with Crippen molar-refractivity contribution in [2.45, 2.75) is 25.4 Å². The molecule has 182 valence electrons. The molecule has 2 aromatic heterocycles. The second kappa shape index (κ2) is 10.6. The number of carbonyl (C=O) groups is 1. The molecule has 1 amide bonds. The number of hydrogen-bond acceptors (Lipinski definition) is 3. The van der Waals surface area contributed by atoms with Gasteiger partial charge in [-0.05, 0) is 79.3 Å². The third-order valence-corrected chi connectivity index (χ3v) is 7.09. The normalized spacial score (nSPS) is 17.2. The van der Waals surface area contributed by atoms with Crippen molar-refractivity contribution < 1.29 is 4.79 Å². The number of benzene rings is 2. The number of pyridine rings is 1. The van der Waals surface area contributed by atoms with Gasteiger partial charge >= 0.3 is 0 Å². The smallest absolute Gasteiger partial charge is 0.226 e. The van der Waals surface area contributed by atoms with E-state index in [1.807, 2.05) is 67.6 Å². The number of halogens is 1. The van der Waals surface area contributed by atoms with Crippen LogP contribution in [0.3, 0.4) is 0 Å². The largest absolute Gasteiger partial charge is 0.352 e. The lowest BCUT2D eigenvalue weighted by atomic mass is 10.0. The average Bonchev–Trinajstić information content (AvgIpc) is 3.47. The van der Waals surface area contributed by atoms with Crippen molar-refractivity contribution in [1.29, 1.82) is 0 Å². The first kappa shape index (κ1) is 24.2. The van der Waals surface area contributed by atoms with Gasteiger partial charge < -0.3 is 20.1 Å². The van der Waals surface area contributed by atoms with Crippen LogP contribution in [-0.2, 0) is 4.79 Å². The zero-order valence-electron chi connectivity index (χ0n) is 19.8. The molecule has 0 aliphatic carbocycles. The number of aromatic nitrogens is 2. The molecular weight excluding hydrogens is 534 g/mol. The van der Waals surface area contributed by atoms with Gasteiger partial charge in [0.15, 0.2) is 5.11 Å². The van der Waals surface area contributed by atoms with Crippen LogP contribution in [0.5, 0.6) is 0 Å². The van der Waals surface area contributed by atoms with Crippen molar-refractivity contribution in [3.63, 3.8) is 0 Å². The number of amides is 1. The first-order valence-electron chi connectivity index (χ1n) is 11.8. The van der Waals surface area contributed by atoms with Crippen molar-refractivity contribution in [1.82, 2.24) is 19.8 Å². The van der Waals surface area contributed by atoms with Crippen molar-refractivity contribution in [3.8, 4) is 5.69 Å². The summed E-state index contributed by atoms with van der Waals surface area (Å²) in [6.07, 6.45) is 4.15. The summed E-state index contributed by atoms with van der Waals surface area (Å²) in [6, 6.07) is 25.7. The Morgan fingerprint density at radius 3 is 2.72 bits per heavy atom. The molecule has 3 heterocycles. The van der Waals surface area contributed by atoms with Gasteiger partial charge in [-0.1, -0.05) is 40.2 Å². The summed E-state index contributed by atoms with van der Waals surface area (Å²) in [5, 5.41) is 7.09. The van der Waals surface area contributed by atoms with Crippen LogP contribution in [0.15, 0.2) is 95.7 Å². The van der Waals surface area contributed by atoms with Gasteiger partial charge in [0.2, 0.25) is 5.91 Å². The molecule has 0 saturated carbocycles. The number of nitrogens with zero attached hydrogens (tertiary/aromatic N) is 3. The standard InChI is InChI=1S/C28H26BrN5OS/c1-19-7-4-9-21(17-19)31-25(35)13-16-34-27(26(32-28(34)36)23-11-2-3-14-30-23)24-12-6-15-33(24)22-10-5-8-20(29)18-22/h2-12,14-15,17-18,26-27H,13,16H2,1H3,(H,31,35)(H,32,36)/t26-,27+/m0/s1. The van der Waals surface area contributed by atoms with Gasteiger partial charge in [0.25, 0.3) is 0 Å². The van der Waals surface area contributed by atoms with Crippen LogP contribution in [-0.4, -0.2) is 32.0 Å². The maximum Gasteiger partial charge on any atom is 0.226 e. The first-order valence-corrected chi connectivity index (χ1v) is 13.0. The van der Waals surface area contributed by atoms with Gasteiger partial charge in [-0.2, -0.15) is 0 Å². The summed E-state index contributed by atoms with van der Waals surface area (Å²) in [6.45, 7) is 2.48. The Labute approximate surface area is 224 Å². The fraction of sp³-hybridized carbons (Fsp3) is 0.179. The van der Waals surface area contributed by atoms with E-state index in [4.69, 9.17) is 12.2 Å². The highest BCUT2D eigenvalue weighted by Crippen LogP contribution is 2.39. The minimum Gasteiger partial charge on any atom is -0.352 e. The molecule has 6 nitrogen and oxygen atoms in total. The summed E-state index contributed by atoms with van der Waals surface area (Å²) in [7, 11) is 0. The van der Waals surface area contributed by atoms with Gasteiger partial charge in [-0.3, -0.25) is 9.78 Å². The van der Waals surface area contributed by atoms with E-state index in [2.05, 4.69) is 65.4 Å². The Morgan fingerprint density at radius 1 is 1.08 bits per heavy atom. The molecule has 2 atom stereocenters. The number of hydrogen-bond donors (Lipinski definition) is 2. The lowest BCUT2D eigenvalue weighted by Gasteiger charge is -2.29. The quantitative estimate of drug-likeness (QED) is 0.274. The van der Waals surface area contributed by atoms with E-state index in [1.165, 1.54) is 0 Å². The Morgan fingerprint density at radius 2 is 1.94 bits per heavy atom. The van der Waals surface area contributed by atoms with E-state index in [1.54, 1.807) is 6.20 Å². The van der Waals surface area contributed by atoms with E-state index in [9.17, 15) is 4.79 Å². The summed E-state index contributed by atoms with van der Waals surface area (Å²) >= 11 is 9.37. The molecule has 5 rings (SSSR count). The van der Waals surface area contributed by atoms with Crippen molar-refractivity contribution in [3.05, 3.63) is 113 Å². The summed E-state index contributed by atoms with van der Waals surface area (Å²) in [4.78, 5) is 19.6. The summed E-state index contributed by atoms with van der Waals surface area (Å²) < 4.78 is 3.17. The van der Waals surface area contributed by atoms with Crippen LogP contribution >= 0.6 is 28.1 Å². The second-order valence-corrected chi connectivity index (χ2v) is 10.1. The third-order valence-electron chi connectivity index (χ3n) is 6.25. The fourth-order valence-electron chi connectivity index (χ4n) is 4.63. The van der Waals surface area contributed by atoms with Crippen molar-refractivity contribution in [2.75, 3.05) is 11.9 Å². The Bertz CT molecular complexity index is 1390. The highest BCUT2D eigenvalue weighted by Gasteiger charge is 2.41.